The summed E-state index contributed by atoms with van der Waals surface area (Å²) in [5.74, 6) is -0.259. The zero-order valence-electron chi connectivity index (χ0n) is 11.3. The SMILES string of the molecule is CC(C)[C@@H](N)C(=O)NCc1ccccc1OC(F)F.Cl. The molecule has 20 heavy (non-hydrogen) atoms. The van der Waals surface area contributed by atoms with Crippen molar-refractivity contribution in [2.45, 2.75) is 33.0 Å². The van der Waals surface area contributed by atoms with Crippen molar-refractivity contribution < 1.29 is 18.3 Å². The van der Waals surface area contributed by atoms with Gasteiger partial charge in [0.25, 0.3) is 0 Å². The van der Waals surface area contributed by atoms with Crippen LogP contribution in [0.25, 0.3) is 0 Å². The largest absolute Gasteiger partial charge is 0.434 e. The molecule has 114 valence electrons. The van der Waals surface area contributed by atoms with E-state index in [1.807, 2.05) is 13.8 Å². The highest BCUT2D eigenvalue weighted by molar-refractivity contribution is 5.85. The van der Waals surface area contributed by atoms with Crippen LogP contribution in [0.5, 0.6) is 5.75 Å². The van der Waals surface area contributed by atoms with Gasteiger partial charge in [0.1, 0.15) is 5.75 Å². The molecule has 0 aliphatic rings. The molecule has 0 saturated carbocycles. The van der Waals surface area contributed by atoms with Crippen LogP contribution < -0.4 is 15.8 Å². The van der Waals surface area contributed by atoms with Crippen molar-refractivity contribution >= 4 is 18.3 Å². The molecule has 0 aromatic heterocycles. The minimum atomic E-state index is -2.89. The number of nitrogens with one attached hydrogen (secondary N) is 1. The smallest absolute Gasteiger partial charge is 0.387 e. The molecule has 1 rings (SSSR count). The quantitative estimate of drug-likeness (QED) is 0.847. The van der Waals surface area contributed by atoms with Crippen molar-refractivity contribution in [2.75, 3.05) is 0 Å². The Morgan fingerprint density at radius 2 is 1.95 bits per heavy atom. The number of benzene rings is 1. The number of ether oxygens (including phenoxy) is 1. The van der Waals surface area contributed by atoms with E-state index in [-0.39, 0.29) is 36.5 Å². The van der Waals surface area contributed by atoms with Crippen molar-refractivity contribution in [1.29, 1.82) is 0 Å². The highest BCUT2D eigenvalue weighted by Gasteiger charge is 2.17. The lowest BCUT2D eigenvalue weighted by Gasteiger charge is -2.16. The third-order valence-corrected chi connectivity index (χ3v) is 2.66. The Labute approximate surface area is 123 Å². The van der Waals surface area contributed by atoms with Gasteiger partial charge in [-0.25, -0.2) is 0 Å². The van der Waals surface area contributed by atoms with E-state index in [2.05, 4.69) is 10.1 Å². The predicted octanol–water partition coefficient (Wildman–Crippen LogP) is 2.31. The highest BCUT2D eigenvalue weighted by Crippen LogP contribution is 2.19. The van der Waals surface area contributed by atoms with Gasteiger partial charge in [0, 0.05) is 12.1 Å². The fourth-order valence-corrected chi connectivity index (χ4v) is 1.46. The first-order valence-corrected chi connectivity index (χ1v) is 5.97. The van der Waals surface area contributed by atoms with Crippen molar-refractivity contribution in [3.8, 4) is 5.75 Å². The van der Waals surface area contributed by atoms with Gasteiger partial charge in [0.05, 0.1) is 6.04 Å². The fraction of sp³-hybridized carbons (Fsp3) is 0.462. The van der Waals surface area contributed by atoms with Crippen LogP contribution in [0.4, 0.5) is 8.78 Å². The van der Waals surface area contributed by atoms with Gasteiger partial charge in [0.15, 0.2) is 0 Å². The van der Waals surface area contributed by atoms with Crippen molar-refractivity contribution in [1.82, 2.24) is 5.32 Å². The summed E-state index contributed by atoms with van der Waals surface area (Å²) < 4.78 is 28.8. The minimum Gasteiger partial charge on any atom is -0.434 e. The lowest BCUT2D eigenvalue weighted by Crippen LogP contribution is -2.43. The second kappa shape index (κ2) is 8.71. The van der Waals surface area contributed by atoms with Crippen molar-refractivity contribution in [2.24, 2.45) is 11.7 Å². The maximum absolute atomic E-state index is 12.2. The van der Waals surface area contributed by atoms with Crippen LogP contribution >= 0.6 is 12.4 Å². The number of halogens is 3. The van der Waals surface area contributed by atoms with Gasteiger partial charge in [-0.3, -0.25) is 4.79 Å². The van der Waals surface area contributed by atoms with E-state index in [1.54, 1.807) is 18.2 Å². The first-order valence-electron chi connectivity index (χ1n) is 5.97. The zero-order chi connectivity index (χ0) is 14.4. The van der Waals surface area contributed by atoms with Gasteiger partial charge in [-0.1, -0.05) is 32.0 Å². The molecule has 1 amide bonds. The van der Waals surface area contributed by atoms with Crippen LogP contribution in [0.2, 0.25) is 0 Å². The van der Waals surface area contributed by atoms with Crippen molar-refractivity contribution in [3.63, 3.8) is 0 Å². The van der Waals surface area contributed by atoms with E-state index in [1.165, 1.54) is 6.07 Å². The molecule has 1 atom stereocenters. The van der Waals surface area contributed by atoms with E-state index in [4.69, 9.17) is 5.73 Å². The highest BCUT2D eigenvalue weighted by atomic mass is 35.5. The molecule has 0 fully saturated rings. The molecule has 0 aliphatic carbocycles. The number of amides is 1. The number of hydrogen-bond donors (Lipinski definition) is 2. The predicted molar refractivity (Wildman–Crippen MR) is 75.0 cm³/mol. The average molecular weight is 309 g/mol. The number of rotatable bonds is 6. The van der Waals surface area contributed by atoms with Crippen LogP contribution in [-0.4, -0.2) is 18.6 Å². The Balaban J connectivity index is 0.00000361. The number of carbonyl (C=O) groups is 1. The number of alkyl halides is 2. The standard InChI is InChI=1S/C13H18F2N2O2.ClH/c1-8(2)11(16)12(18)17-7-9-5-3-4-6-10(9)19-13(14)15;/h3-6,8,11,13H,7,16H2,1-2H3,(H,17,18);1H/t11-;/m1./s1. The molecule has 7 heteroatoms. The number of hydrogen-bond acceptors (Lipinski definition) is 3. The molecule has 0 bridgehead atoms. The Bertz CT molecular complexity index is 431. The van der Waals surface area contributed by atoms with E-state index >= 15 is 0 Å². The summed E-state index contributed by atoms with van der Waals surface area (Å²) in [7, 11) is 0. The Hall–Kier alpha value is -1.40. The molecule has 1 aromatic carbocycles. The molecular weight excluding hydrogens is 290 g/mol. The molecule has 3 N–H and O–H groups in total. The maximum atomic E-state index is 12.2. The Morgan fingerprint density at radius 3 is 2.50 bits per heavy atom. The summed E-state index contributed by atoms with van der Waals surface area (Å²) in [5, 5.41) is 2.60. The van der Waals surface area contributed by atoms with E-state index < -0.39 is 12.7 Å². The molecule has 0 aliphatic heterocycles. The minimum absolute atomic E-state index is 0. The molecule has 4 nitrogen and oxygen atoms in total. The molecule has 1 aromatic rings. The van der Waals surface area contributed by atoms with Crippen LogP contribution in [0.1, 0.15) is 19.4 Å². The lowest BCUT2D eigenvalue weighted by molar-refractivity contribution is -0.123. The molecule has 0 unspecified atom stereocenters. The molecule has 0 saturated heterocycles. The van der Waals surface area contributed by atoms with Crippen LogP contribution in [0.15, 0.2) is 24.3 Å². The summed E-state index contributed by atoms with van der Waals surface area (Å²) in [6.07, 6.45) is 0. The topological polar surface area (TPSA) is 64.4 Å². The van der Waals surface area contributed by atoms with Crippen LogP contribution in [0, 0.1) is 5.92 Å². The van der Waals surface area contributed by atoms with Gasteiger partial charge in [-0.05, 0) is 12.0 Å². The third kappa shape index (κ3) is 5.71. The van der Waals surface area contributed by atoms with Crippen LogP contribution in [0.3, 0.4) is 0 Å². The first-order chi connectivity index (χ1) is 8.91. The molecule has 0 radical (unpaired) electrons. The summed E-state index contributed by atoms with van der Waals surface area (Å²) >= 11 is 0. The summed E-state index contributed by atoms with van der Waals surface area (Å²) in [6, 6.07) is 5.68. The molecule has 0 spiro atoms. The number of nitrogens with two attached hydrogens (primary N) is 1. The monoisotopic (exact) mass is 308 g/mol. The lowest BCUT2D eigenvalue weighted by atomic mass is 10.0. The summed E-state index contributed by atoms with van der Waals surface area (Å²) in [6.45, 7) is 0.869. The van der Waals surface area contributed by atoms with E-state index in [0.29, 0.717) is 5.56 Å². The number of carbonyl (C=O) groups excluding carboxylic acids is 1. The second-order valence-corrected chi connectivity index (χ2v) is 4.47. The maximum Gasteiger partial charge on any atom is 0.387 e. The number of para-hydroxylation sites is 1. The van der Waals surface area contributed by atoms with Gasteiger partial charge in [-0.2, -0.15) is 8.78 Å². The van der Waals surface area contributed by atoms with Gasteiger partial charge in [0.2, 0.25) is 5.91 Å². The normalized spacial score (nSPS) is 11.9. The summed E-state index contributed by atoms with van der Waals surface area (Å²) in [5.41, 5.74) is 6.16. The third-order valence-electron chi connectivity index (χ3n) is 2.66. The average Bonchev–Trinajstić information content (AvgIpc) is 2.35. The van der Waals surface area contributed by atoms with Crippen molar-refractivity contribution in [3.05, 3.63) is 29.8 Å². The molecular formula is C13H19ClF2N2O2. The summed E-state index contributed by atoms with van der Waals surface area (Å²) in [4.78, 5) is 11.7. The van der Waals surface area contributed by atoms with Gasteiger partial charge >= 0.3 is 6.61 Å². The van der Waals surface area contributed by atoms with Gasteiger partial charge in [-0.15, -0.1) is 12.4 Å². The first kappa shape index (κ1) is 18.6. The van der Waals surface area contributed by atoms with E-state index in [0.717, 1.165) is 0 Å². The molecule has 0 heterocycles. The Morgan fingerprint density at radius 1 is 1.35 bits per heavy atom. The second-order valence-electron chi connectivity index (χ2n) is 4.47. The Kier molecular flexibility index (Phi) is 8.10. The van der Waals surface area contributed by atoms with Gasteiger partial charge < -0.3 is 15.8 Å². The fourth-order valence-electron chi connectivity index (χ4n) is 1.46. The van der Waals surface area contributed by atoms with Crippen LogP contribution in [-0.2, 0) is 11.3 Å². The van der Waals surface area contributed by atoms with E-state index in [9.17, 15) is 13.6 Å². The zero-order valence-corrected chi connectivity index (χ0v) is 12.1.